The van der Waals surface area contributed by atoms with Crippen LogP contribution in [-0.4, -0.2) is 35.3 Å². The normalized spacial score (nSPS) is 20.6. The average molecular weight is 241 g/mol. The molecule has 0 aliphatic carbocycles. The van der Waals surface area contributed by atoms with Crippen molar-refractivity contribution in [2.75, 3.05) is 6.61 Å². The largest absolute Gasteiger partial charge is 0.463 e. The highest BCUT2D eigenvalue weighted by Gasteiger charge is 2.35. The number of hydrogen-bond acceptors (Lipinski definition) is 4. The van der Waals surface area contributed by atoms with Crippen LogP contribution < -0.4 is 0 Å². The summed E-state index contributed by atoms with van der Waals surface area (Å²) >= 11 is 0. The van der Waals surface area contributed by atoms with E-state index in [0.29, 0.717) is 12.8 Å². The van der Waals surface area contributed by atoms with E-state index in [9.17, 15) is 14.4 Å². The Morgan fingerprint density at radius 3 is 2.47 bits per heavy atom. The molecule has 1 fully saturated rings. The van der Waals surface area contributed by atoms with Crippen molar-refractivity contribution in [3.8, 4) is 0 Å². The van der Waals surface area contributed by atoms with Gasteiger partial charge in [-0.1, -0.05) is 0 Å². The molecule has 0 unspecified atom stereocenters. The molecule has 1 heterocycles. The highest BCUT2D eigenvalue weighted by molar-refractivity contribution is 5.96. The fourth-order valence-corrected chi connectivity index (χ4v) is 1.72. The molecule has 5 heteroatoms. The van der Waals surface area contributed by atoms with Gasteiger partial charge in [-0.3, -0.25) is 19.3 Å². The molecule has 1 saturated heterocycles. The molecule has 0 N–H and O–H groups in total. The highest BCUT2D eigenvalue weighted by atomic mass is 16.5. The van der Waals surface area contributed by atoms with Gasteiger partial charge in [-0.2, -0.15) is 0 Å². The van der Waals surface area contributed by atoms with E-state index >= 15 is 0 Å². The zero-order valence-electron chi connectivity index (χ0n) is 10.8. The lowest BCUT2D eigenvalue weighted by atomic mass is 9.97. The highest BCUT2D eigenvalue weighted by Crippen LogP contribution is 2.21. The summed E-state index contributed by atoms with van der Waals surface area (Å²) in [7, 11) is 0. The molecule has 5 nitrogen and oxygen atoms in total. The molecule has 1 rings (SSSR count). The maximum Gasteiger partial charge on any atom is 0.311 e. The summed E-state index contributed by atoms with van der Waals surface area (Å²) < 4.78 is 5.13. The van der Waals surface area contributed by atoms with E-state index in [-0.39, 0.29) is 30.4 Å². The first-order chi connectivity index (χ1) is 7.73. The van der Waals surface area contributed by atoms with Crippen LogP contribution in [0, 0.1) is 5.41 Å². The molecule has 0 aromatic carbocycles. The predicted molar refractivity (Wildman–Crippen MR) is 61.0 cm³/mol. The Balaban J connectivity index is 2.55. The third-order valence-electron chi connectivity index (χ3n) is 2.68. The number of esters is 1. The van der Waals surface area contributed by atoms with Crippen molar-refractivity contribution in [3.05, 3.63) is 0 Å². The molecule has 17 heavy (non-hydrogen) atoms. The maximum absolute atomic E-state index is 11.6. The molecular formula is C12H19NO4. The second-order valence-corrected chi connectivity index (χ2v) is 5.32. The minimum absolute atomic E-state index is 0.0986. The van der Waals surface area contributed by atoms with Crippen molar-refractivity contribution in [1.29, 1.82) is 0 Å². The third kappa shape index (κ3) is 3.28. The van der Waals surface area contributed by atoms with Gasteiger partial charge in [-0.25, -0.2) is 0 Å². The Bertz CT molecular complexity index is 343. The van der Waals surface area contributed by atoms with Gasteiger partial charge in [0.2, 0.25) is 11.8 Å². The van der Waals surface area contributed by atoms with Gasteiger partial charge in [0, 0.05) is 13.3 Å². The number of amides is 2. The van der Waals surface area contributed by atoms with Crippen LogP contribution in [0.2, 0.25) is 0 Å². The molecule has 96 valence electrons. The average Bonchev–Trinajstić information content (AvgIpc) is 2.54. The van der Waals surface area contributed by atoms with E-state index in [1.54, 1.807) is 20.8 Å². The Hall–Kier alpha value is -1.39. The molecule has 0 aromatic rings. The number of hydrogen-bond donors (Lipinski definition) is 0. The fraction of sp³-hybridized carbons (Fsp3) is 0.750. The monoisotopic (exact) mass is 241 g/mol. The molecule has 1 atom stereocenters. The number of carbonyl (C=O) groups excluding carboxylic acids is 3. The number of rotatable bonds is 2. The van der Waals surface area contributed by atoms with Gasteiger partial charge in [0.1, 0.15) is 6.61 Å². The second kappa shape index (κ2) is 4.85. The fourth-order valence-electron chi connectivity index (χ4n) is 1.72. The lowest BCUT2D eigenvalue weighted by Crippen LogP contribution is -2.40. The maximum atomic E-state index is 11.6. The number of likely N-dealkylation sites (tertiary alicyclic amines) is 1. The SMILES string of the molecule is CC(=O)N1C(=O)CC[C@H]1COC(=O)C(C)(C)C. The van der Waals surface area contributed by atoms with Crippen LogP contribution in [0.1, 0.15) is 40.5 Å². The van der Waals surface area contributed by atoms with E-state index in [2.05, 4.69) is 0 Å². The molecule has 0 spiro atoms. The molecular weight excluding hydrogens is 222 g/mol. The number of carbonyl (C=O) groups is 3. The minimum atomic E-state index is -0.566. The Morgan fingerprint density at radius 2 is 2.00 bits per heavy atom. The zero-order chi connectivity index (χ0) is 13.2. The van der Waals surface area contributed by atoms with Crippen molar-refractivity contribution >= 4 is 17.8 Å². The first-order valence-corrected chi connectivity index (χ1v) is 5.73. The summed E-state index contributed by atoms with van der Waals surface area (Å²) in [5, 5.41) is 0. The Kier molecular flexibility index (Phi) is 3.91. The van der Waals surface area contributed by atoms with Crippen molar-refractivity contribution in [2.45, 2.75) is 46.6 Å². The molecule has 1 aliphatic rings. The van der Waals surface area contributed by atoms with Crippen molar-refractivity contribution < 1.29 is 19.1 Å². The Labute approximate surface area is 101 Å². The van der Waals surface area contributed by atoms with Crippen LogP contribution in [0.5, 0.6) is 0 Å². The molecule has 1 aliphatic heterocycles. The lowest BCUT2D eigenvalue weighted by Gasteiger charge is -2.23. The van der Waals surface area contributed by atoms with Crippen molar-refractivity contribution in [3.63, 3.8) is 0 Å². The van der Waals surface area contributed by atoms with Crippen LogP contribution >= 0.6 is 0 Å². The van der Waals surface area contributed by atoms with Gasteiger partial charge in [0.15, 0.2) is 0 Å². The van der Waals surface area contributed by atoms with Crippen LogP contribution in [-0.2, 0) is 19.1 Å². The van der Waals surface area contributed by atoms with Crippen molar-refractivity contribution in [2.24, 2.45) is 5.41 Å². The summed E-state index contributed by atoms with van der Waals surface area (Å²) in [5.74, 6) is -0.793. The van der Waals surface area contributed by atoms with E-state index in [1.165, 1.54) is 11.8 Å². The standard InChI is InChI=1S/C12H19NO4/c1-8(14)13-9(5-6-10(13)15)7-17-11(16)12(2,3)4/h9H,5-7H2,1-4H3/t9-/m0/s1. The predicted octanol–water partition coefficient (Wildman–Crippen LogP) is 1.11. The van der Waals surface area contributed by atoms with Crippen LogP contribution in [0.4, 0.5) is 0 Å². The number of ether oxygens (including phenoxy) is 1. The first kappa shape index (κ1) is 13.7. The molecule has 0 aromatic heterocycles. The molecule has 2 amide bonds. The molecule has 0 bridgehead atoms. The lowest BCUT2D eigenvalue weighted by molar-refractivity contribution is -0.157. The van der Waals surface area contributed by atoms with Gasteiger partial charge in [-0.15, -0.1) is 0 Å². The zero-order valence-corrected chi connectivity index (χ0v) is 10.8. The van der Waals surface area contributed by atoms with Gasteiger partial charge >= 0.3 is 5.97 Å². The van der Waals surface area contributed by atoms with Gasteiger partial charge < -0.3 is 4.74 Å². The number of nitrogens with zero attached hydrogens (tertiary/aromatic N) is 1. The van der Waals surface area contributed by atoms with E-state index in [4.69, 9.17) is 4.74 Å². The Morgan fingerprint density at radius 1 is 1.41 bits per heavy atom. The smallest absolute Gasteiger partial charge is 0.311 e. The summed E-state index contributed by atoms with van der Waals surface area (Å²) in [6.45, 7) is 6.73. The summed E-state index contributed by atoms with van der Waals surface area (Å²) in [6.07, 6.45) is 0.910. The minimum Gasteiger partial charge on any atom is -0.463 e. The summed E-state index contributed by atoms with van der Waals surface area (Å²) in [4.78, 5) is 35.5. The van der Waals surface area contributed by atoms with Crippen LogP contribution in [0.15, 0.2) is 0 Å². The topological polar surface area (TPSA) is 63.7 Å². The van der Waals surface area contributed by atoms with Gasteiger partial charge in [0.25, 0.3) is 0 Å². The molecule has 0 saturated carbocycles. The second-order valence-electron chi connectivity index (χ2n) is 5.32. The van der Waals surface area contributed by atoms with Crippen LogP contribution in [0.25, 0.3) is 0 Å². The van der Waals surface area contributed by atoms with E-state index in [1.807, 2.05) is 0 Å². The van der Waals surface area contributed by atoms with Crippen LogP contribution in [0.3, 0.4) is 0 Å². The summed E-state index contributed by atoms with van der Waals surface area (Å²) in [5.41, 5.74) is -0.566. The van der Waals surface area contributed by atoms with Crippen molar-refractivity contribution in [1.82, 2.24) is 4.90 Å². The quantitative estimate of drug-likeness (QED) is 0.679. The van der Waals surface area contributed by atoms with E-state index < -0.39 is 5.41 Å². The third-order valence-corrected chi connectivity index (χ3v) is 2.68. The van der Waals surface area contributed by atoms with Gasteiger partial charge in [-0.05, 0) is 27.2 Å². The number of imide groups is 1. The molecule has 0 radical (unpaired) electrons. The van der Waals surface area contributed by atoms with E-state index in [0.717, 1.165) is 0 Å². The summed E-state index contributed by atoms with van der Waals surface area (Å²) in [6, 6.07) is -0.300. The first-order valence-electron chi connectivity index (χ1n) is 5.73. The van der Waals surface area contributed by atoms with Gasteiger partial charge in [0.05, 0.1) is 11.5 Å².